The molecule has 13 heavy (non-hydrogen) atoms. The first-order valence-electron chi connectivity index (χ1n) is 4.37. The van der Waals surface area contributed by atoms with Crippen molar-refractivity contribution in [2.45, 2.75) is 20.3 Å². The average Bonchev–Trinajstić information content (AvgIpc) is 2.03. The maximum absolute atomic E-state index is 10.7. The molecule has 1 rings (SSSR count). The summed E-state index contributed by atoms with van der Waals surface area (Å²) < 4.78 is 0. The monoisotopic (exact) mass is 196 g/mol. The Balaban J connectivity index is 3.05. The third-order valence-electron chi connectivity index (χ3n) is 1.89. The van der Waals surface area contributed by atoms with Crippen LogP contribution in [0.15, 0.2) is 18.2 Å². The van der Waals surface area contributed by atoms with E-state index in [4.69, 9.17) is 11.6 Å². The van der Waals surface area contributed by atoms with Crippen LogP contribution >= 0.6 is 11.6 Å². The van der Waals surface area contributed by atoms with Crippen LogP contribution in [0.3, 0.4) is 0 Å². The van der Waals surface area contributed by atoms with Gasteiger partial charge in [0, 0.05) is 5.56 Å². The van der Waals surface area contributed by atoms with Crippen LogP contribution in [0, 0.1) is 5.92 Å². The predicted molar refractivity (Wildman–Crippen MR) is 55.4 cm³/mol. The number of benzene rings is 1. The van der Waals surface area contributed by atoms with Gasteiger partial charge in [-0.05, 0) is 24.0 Å². The Kier molecular flexibility index (Phi) is 3.49. The molecule has 0 atom stereocenters. The summed E-state index contributed by atoms with van der Waals surface area (Å²) >= 11 is 5.88. The van der Waals surface area contributed by atoms with E-state index in [1.165, 1.54) is 0 Å². The maximum atomic E-state index is 10.7. The molecule has 0 heterocycles. The molecule has 0 spiro atoms. The fourth-order valence-electron chi connectivity index (χ4n) is 1.33. The zero-order valence-corrected chi connectivity index (χ0v) is 8.64. The van der Waals surface area contributed by atoms with Crippen molar-refractivity contribution in [2.75, 3.05) is 0 Å². The van der Waals surface area contributed by atoms with Crippen molar-refractivity contribution in [1.29, 1.82) is 0 Å². The minimum atomic E-state index is 0.539. The topological polar surface area (TPSA) is 17.1 Å². The van der Waals surface area contributed by atoms with E-state index >= 15 is 0 Å². The molecule has 1 aromatic rings. The second-order valence-corrected chi connectivity index (χ2v) is 3.94. The zero-order valence-electron chi connectivity index (χ0n) is 7.88. The lowest BCUT2D eigenvalue weighted by Crippen LogP contribution is -1.99. The fraction of sp³-hybridized carbons (Fsp3) is 0.364. The fourth-order valence-corrected chi connectivity index (χ4v) is 1.57. The molecule has 0 aliphatic carbocycles. The van der Waals surface area contributed by atoms with Crippen LogP contribution in [0.2, 0.25) is 5.02 Å². The quantitative estimate of drug-likeness (QED) is 0.678. The average molecular weight is 197 g/mol. The van der Waals surface area contributed by atoms with Crippen LogP contribution in [0.25, 0.3) is 0 Å². The smallest absolute Gasteiger partial charge is 0.151 e. The molecular formula is C11H13ClO. The molecule has 70 valence electrons. The molecule has 2 heteroatoms. The molecule has 0 amide bonds. The molecule has 1 aromatic carbocycles. The van der Waals surface area contributed by atoms with E-state index in [1.807, 2.05) is 12.1 Å². The molecule has 1 nitrogen and oxygen atoms in total. The van der Waals surface area contributed by atoms with Gasteiger partial charge in [0.1, 0.15) is 0 Å². The molecule has 0 N–H and O–H groups in total. The Labute approximate surface area is 83.7 Å². The van der Waals surface area contributed by atoms with E-state index < -0.39 is 0 Å². The van der Waals surface area contributed by atoms with E-state index in [-0.39, 0.29) is 0 Å². The van der Waals surface area contributed by atoms with E-state index in [9.17, 15) is 4.79 Å². The van der Waals surface area contributed by atoms with Gasteiger partial charge in [0.2, 0.25) is 0 Å². The summed E-state index contributed by atoms with van der Waals surface area (Å²) in [4.78, 5) is 10.7. The number of hydrogen-bond donors (Lipinski definition) is 0. The lowest BCUT2D eigenvalue weighted by Gasteiger charge is -2.08. The largest absolute Gasteiger partial charge is 0.298 e. The van der Waals surface area contributed by atoms with Gasteiger partial charge < -0.3 is 0 Å². The standard InChI is InChI=1S/C11H13ClO/c1-8(2)6-9-4-3-5-11(12)10(9)7-13/h3-5,7-8H,6H2,1-2H3. The molecule has 0 saturated carbocycles. The summed E-state index contributed by atoms with van der Waals surface area (Å²) in [6.07, 6.45) is 1.73. The number of carbonyl (C=O) groups is 1. The SMILES string of the molecule is CC(C)Cc1cccc(Cl)c1C=O. The minimum absolute atomic E-state index is 0.539. The van der Waals surface area contributed by atoms with Gasteiger partial charge in [-0.25, -0.2) is 0 Å². The summed E-state index contributed by atoms with van der Waals surface area (Å²) in [5, 5.41) is 0.549. The van der Waals surface area contributed by atoms with Crippen LogP contribution in [0.5, 0.6) is 0 Å². The first-order valence-corrected chi connectivity index (χ1v) is 4.75. The Morgan fingerprint density at radius 2 is 2.15 bits per heavy atom. The van der Waals surface area contributed by atoms with Crippen molar-refractivity contribution in [3.8, 4) is 0 Å². The van der Waals surface area contributed by atoms with Crippen LogP contribution in [-0.2, 0) is 6.42 Å². The third-order valence-corrected chi connectivity index (χ3v) is 2.22. The Hall–Kier alpha value is -0.820. The van der Waals surface area contributed by atoms with E-state index in [0.29, 0.717) is 16.5 Å². The van der Waals surface area contributed by atoms with Crippen LogP contribution in [0.4, 0.5) is 0 Å². The van der Waals surface area contributed by atoms with E-state index in [1.54, 1.807) is 6.07 Å². The highest BCUT2D eigenvalue weighted by atomic mass is 35.5. The lowest BCUT2D eigenvalue weighted by molar-refractivity contribution is 0.112. The maximum Gasteiger partial charge on any atom is 0.151 e. The van der Waals surface area contributed by atoms with Crippen molar-refractivity contribution < 1.29 is 4.79 Å². The van der Waals surface area contributed by atoms with Crippen LogP contribution < -0.4 is 0 Å². The zero-order chi connectivity index (χ0) is 9.84. The van der Waals surface area contributed by atoms with Gasteiger partial charge in [0.05, 0.1) is 5.02 Å². The second kappa shape index (κ2) is 4.43. The van der Waals surface area contributed by atoms with Gasteiger partial charge >= 0.3 is 0 Å². The highest BCUT2D eigenvalue weighted by Gasteiger charge is 2.06. The van der Waals surface area contributed by atoms with Gasteiger partial charge in [0.15, 0.2) is 6.29 Å². The Morgan fingerprint density at radius 1 is 1.46 bits per heavy atom. The summed E-state index contributed by atoms with van der Waals surface area (Å²) in [5.41, 5.74) is 1.68. The van der Waals surface area contributed by atoms with Crippen molar-refractivity contribution in [3.05, 3.63) is 34.3 Å². The highest BCUT2D eigenvalue weighted by molar-refractivity contribution is 6.33. The first kappa shape index (κ1) is 10.3. The summed E-state index contributed by atoms with van der Waals surface area (Å²) in [6.45, 7) is 4.24. The van der Waals surface area contributed by atoms with Gasteiger partial charge in [-0.2, -0.15) is 0 Å². The number of rotatable bonds is 3. The van der Waals surface area contributed by atoms with Crippen molar-refractivity contribution in [2.24, 2.45) is 5.92 Å². The molecule has 0 aromatic heterocycles. The van der Waals surface area contributed by atoms with Crippen LogP contribution in [-0.4, -0.2) is 6.29 Å². The molecule has 0 aliphatic heterocycles. The summed E-state index contributed by atoms with van der Waals surface area (Å²) in [5.74, 6) is 0.539. The van der Waals surface area contributed by atoms with Gasteiger partial charge in [-0.3, -0.25) is 4.79 Å². The lowest BCUT2D eigenvalue weighted by atomic mass is 9.99. The number of carbonyl (C=O) groups excluding carboxylic acids is 1. The van der Waals surface area contributed by atoms with Gasteiger partial charge in [-0.15, -0.1) is 0 Å². The van der Waals surface area contributed by atoms with Crippen LogP contribution in [0.1, 0.15) is 29.8 Å². The third kappa shape index (κ3) is 2.56. The molecular weight excluding hydrogens is 184 g/mol. The van der Waals surface area contributed by atoms with Gasteiger partial charge in [-0.1, -0.05) is 37.6 Å². The Morgan fingerprint density at radius 3 is 2.69 bits per heavy atom. The van der Waals surface area contributed by atoms with Crippen molar-refractivity contribution in [3.63, 3.8) is 0 Å². The summed E-state index contributed by atoms with van der Waals surface area (Å²) in [6, 6.07) is 5.58. The highest BCUT2D eigenvalue weighted by Crippen LogP contribution is 2.20. The molecule has 0 aliphatic rings. The number of halogens is 1. The molecule has 0 radical (unpaired) electrons. The number of aldehydes is 1. The predicted octanol–water partition coefficient (Wildman–Crippen LogP) is 3.35. The number of hydrogen-bond acceptors (Lipinski definition) is 1. The minimum Gasteiger partial charge on any atom is -0.298 e. The van der Waals surface area contributed by atoms with E-state index in [0.717, 1.165) is 18.3 Å². The van der Waals surface area contributed by atoms with Crippen molar-refractivity contribution in [1.82, 2.24) is 0 Å². The molecule has 0 unspecified atom stereocenters. The molecule has 0 bridgehead atoms. The van der Waals surface area contributed by atoms with Crippen molar-refractivity contribution >= 4 is 17.9 Å². The van der Waals surface area contributed by atoms with E-state index in [2.05, 4.69) is 13.8 Å². The molecule has 0 fully saturated rings. The first-order chi connectivity index (χ1) is 6.15. The summed E-state index contributed by atoms with van der Waals surface area (Å²) in [7, 11) is 0. The molecule has 0 saturated heterocycles. The second-order valence-electron chi connectivity index (χ2n) is 3.53. The normalized spacial score (nSPS) is 10.5. The Bertz CT molecular complexity index is 305. The van der Waals surface area contributed by atoms with Gasteiger partial charge in [0.25, 0.3) is 0 Å².